The number of ether oxygens (including phenoxy) is 3. The minimum atomic E-state index is -1.57. The van der Waals surface area contributed by atoms with Gasteiger partial charge < -0.3 is 40.0 Å². The maximum Gasteiger partial charge on any atom is 0.407 e. The van der Waals surface area contributed by atoms with Crippen molar-refractivity contribution < 1.29 is 38.8 Å². The Kier molecular flexibility index (Phi) is 10.4. The first kappa shape index (κ1) is 34.4. The van der Waals surface area contributed by atoms with Crippen LogP contribution >= 0.6 is 11.6 Å². The Morgan fingerprint density at radius 2 is 1.96 bits per heavy atom. The van der Waals surface area contributed by atoms with Crippen molar-refractivity contribution in [3.63, 3.8) is 0 Å². The van der Waals surface area contributed by atoms with Crippen LogP contribution in [0.15, 0.2) is 36.0 Å². The predicted molar refractivity (Wildman–Crippen MR) is 169 cm³/mol. The number of fused-ring (bicyclic) bond motifs is 1. The van der Waals surface area contributed by atoms with E-state index in [-0.39, 0.29) is 36.3 Å². The maximum absolute atomic E-state index is 13.0. The van der Waals surface area contributed by atoms with Crippen LogP contribution in [0.2, 0.25) is 5.02 Å². The lowest BCUT2D eigenvalue weighted by molar-refractivity contribution is -0.152. The number of aromatic nitrogens is 4. The number of anilines is 1. The van der Waals surface area contributed by atoms with Crippen LogP contribution in [-0.4, -0.2) is 102 Å². The van der Waals surface area contributed by atoms with Gasteiger partial charge in [-0.2, -0.15) is 0 Å². The summed E-state index contributed by atoms with van der Waals surface area (Å²) >= 11 is 6.27. The van der Waals surface area contributed by atoms with E-state index in [2.05, 4.69) is 35.6 Å². The molecule has 2 amide bonds. The number of azide groups is 1. The zero-order chi connectivity index (χ0) is 34.6. The zero-order valence-electron chi connectivity index (χ0n) is 26.3. The van der Waals surface area contributed by atoms with E-state index >= 15 is 0 Å². The number of carboxylic acids is 1. The molecule has 0 unspecified atom stereocenters. The number of carboxylic acid groups (broad SMARTS) is 1. The third-order valence-electron chi connectivity index (χ3n) is 7.69. The molecule has 2 aliphatic heterocycles. The summed E-state index contributed by atoms with van der Waals surface area (Å²) in [6.45, 7) is 6.26. The van der Waals surface area contributed by atoms with Crippen molar-refractivity contribution in [3.05, 3.63) is 51.9 Å². The van der Waals surface area contributed by atoms with Crippen LogP contribution in [0.4, 0.5) is 10.6 Å². The average Bonchev–Trinajstić information content (AvgIpc) is 3.60. The number of aliphatic hydroxyl groups excluding tert-OH is 1. The Morgan fingerprint density at radius 3 is 2.65 bits per heavy atom. The zero-order valence-corrected chi connectivity index (χ0v) is 27.1. The highest BCUT2D eigenvalue weighted by molar-refractivity contribution is 6.30. The van der Waals surface area contributed by atoms with Gasteiger partial charge in [0.25, 0.3) is 5.91 Å². The standard InChI is InChI=1S/C29H35ClN10O8/c1-29(2,3)48-28(45)36-17-6-8-39(9-7-17)19(41)12-46-18-5-4-16(30)10-15(18)11-32-24-21-25(34-13-33-24)40(14-35-21)26-22(42)20(37-38-31)23(47-26)27(43)44/h4-5,10,13-14,17,20,22-23,26,42H,6-9,11-12H2,1-3H3,(H,36,45)(H,43,44)(H,32,33,34)/t20-,22+,23-,26+/m0/s1. The second-order valence-electron chi connectivity index (χ2n) is 12.2. The predicted octanol–water partition coefficient (Wildman–Crippen LogP) is 3.01. The molecule has 48 heavy (non-hydrogen) atoms. The molecule has 2 aromatic heterocycles. The lowest BCUT2D eigenvalue weighted by Crippen LogP contribution is -2.48. The Balaban J connectivity index is 1.21. The third-order valence-corrected chi connectivity index (χ3v) is 7.92. The fourth-order valence-electron chi connectivity index (χ4n) is 5.43. The van der Waals surface area contributed by atoms with Gasteiger partial charge in [0.2, 0.25) is 0 Å². The number of hydrogen-bond donors (Lipinski definition) is 4. The van der Waals surface area contributed by atoms with Gasteiger partial charge in [-0.3, -0.25) is 9.36 Å². The molecule has 19 heteroatoms. The third kappa shape index (κ3) is 7.96. The van der Waals surface area contributed by atoms with Crippen LogP contribution in [0.3, 0.4) is 0 Å². The van der Waals surface area contributed by atoms with E-state index in [1.165, 1.54) is 17.2 Å². The van der Waals surface area contributed by atoms with Crippen molar-refractivity contribution in [3.8, 4) is 5.75 Å². The highest BCUT2D eigenvalue weighted by atomic mass is 35.5. The quantitative estimate of drug-likeness (QED) is 0.137. The van der Waals surface area contributed by atoms with Gasteiger partial charge in [-0.25, -0.2) is 24.5 Å². The lowest BCUT2D eigenvalue weighted by atomic mass is 10.1. The van der Waals surface area contributed by atoms with Crippen LogP contribution in [-0.2, 0) is 25.6 Å². The molecule has 1 aromatic carbocycles. The van der Waals surface area contributed by atoms with Crippen molar-refractivity contribution in [2.24, 2.45) is 5.11 Å². The van der Waals surface area contributed by atoms with Crippen molar-refractivity contribution in [1.29, 1.82) is 0 Å². The van der Waals surface area contributed by atoms with Crippen molar-refractivity contribution in [1.82, 2.24) is 29.7 Å². The number of carbonyl (C=O) groups is 3. The molecule has 2 saturated heterocycles. The fraction of sp³-hybridized carbons (Fsp3) is 0.517. The number of nitrogens with zero attached hydrogens (tertiary/aromatic N) is 8. The number of benzene rings is 1. The summed E-state index contributed by atoms with van der Waals surface area (Å²) in [6, 6.07) is 3.53. The molecular weight excluding hydrogens is 652 g/mol. The summed E-state index contributed by atoms with van der Waals surface area (Å²) in [5, 5.41) is 30.1. The highest BCUT2D eigenvalue weighted by Gasteiger charge is 2.48. The summed E-state index contributed by atoms with van der Waals surface area (Å²) < 4.78 is 18.1. The number of amides is 2. The summed E-state index contributed by atoms with van der Waals surface area (Å²) in [5.41, 5.74) is 9.38. The van der Waals surface area contributed by atoms with Crippen LogP contribution in [0, 0.1) is 0 Å². The van der Waals surface area contributed by atoms with Crippen LogP contribution < -0.4 is 15.4 Å². The van der Waals surface area contributed by atoms with Crippen LogP contribution in [0.1, 0.15) is 45.4 Å². The monoisotopic (exact) mass is 686 g/mol. The Bertz CT molecular complexity index is 1720. The number of likely N-dealkylation sites (tertiary alicyclic amines) is 1. The first-order valence-electron chi connectivity index (χ1n) is 15.0. The molecule has 4 N–H and O–H groups in total. The smallest absolute Gasteiger partial charge is 0.407 e. The summed E-state index contributed by atoms with van der Waals surface area (Å²) in [5.74, 6) is -0.873. The average molecular weight is 687 g/mol. The number of imidazole rings is 1. The van der Waals surface area contributed by atoms with E-state index in [1.807, 2.05) is 0 Å². The molecule has 0 spiro atoms. The second kappa shape index (κ2) is 14.5. The van der Waals surface area contributed by atoms with Gasteiger partial charge in [-0.1, -0.05) is 16.7 Å². The van der Waals surface area contributed by atoms with Crippen molar-refractivity contribution in [2.75, 3.05) is 25.0 Å². The number of aliphatic carboxylic acids is 1. The summed E-state index contributed by atoms with van der Waals surface area (Å²) in [4.78, 5) is 53.9. The molecule has 2 fully saturated rings. The normalized spacial score (nSPS) is 21.4. The Morgan fingerprint density at radius 1 is 1.21 bits per heavy atom. The molecule has 4 atom stereocenters. The molecule has 0 bridgehead atoms. The minimum Gasteiger partial charge on any atom is -0.483 e. The molecule has 3 aromatic rings. The topological polar surface area (TPSA) is 239 Å². The van der Waals surface area contributed by atoms with E-state index in [0.717, 1.165) is 0 Å². The van der Waals surface area contributed by atoms with E-state index in [1.54, 1.807) is 43.9 Å². The van der Waals surface area contributed by atoms with Crippen molar-refractivity contribution >= 4 is 46.6 Å². The number of rotatable bonds is 10. The van der Waals surface area contributed by atoms with Crippen LogP contribution in [0.25, 0.3) is 21.6 Å². The van der Waals surface area contributed by atoms with Crippen LogP contribution in [0.5, 0.6) is 5.75 Å². The van der Waals surface area contributed by atoms with Gasteiger partial charge in [-0.05, 0) is 57.3 Å². The fourth-order valence-corrected chi connectivity index (χ4v) is 5.63. The molecule has 0 radical (unpaired) electrons. The lowest BCUT2D eigenvalue weighted by Gasteiger charge is -2.32. The van der Waals surface area contributed by atoms with Gasteiger partial charge in [0.05, 0.1) is 6.33 Å². The first-order valence-corrected chi connectivity index (χ1v) is 15.4. The maximum atomic E-state index is 13.0. The number of hydrogen-bond acceptors (Lipinski definition) is 12. The summed E-state index contributed by atoms with van der Waals surface area (Å²) in [6.07, 6.45) is -1.04. The Labute approximate surface area is 279 Å². The number of alkyl carbamates (subject to hydrolysis) is 1. The van der Waals surface area contributed by atoms with Crippen molar-refractivity contribution in [2.45, 2.75) is 76.3 Å². The van der Waals surface area contributed by atoms with Gasteiger partial charge >= 0.3 is 12.1 Å². The molecule has 4 heterocycles. The molecule has 18 nitrogen and oxygen atoms in total. The number of piperidine rings is 1. The number of halogens is 1. The summed E-state index contributed by atoms with van der Waals surface area (Å²) in [7, 11) is 0. The number of aliphatic hydroxyl groups is 1. The van der Waals surface area contributed by atoms with Gasteiger partial charge in [0.15, 0.2) is 35.9 Å². The van der Waals surface area contributed by atoms with E-state index in [0.29, 0.717) is 48.1 Å². The molecule has 5 rings (SSSR count). The SMILES string of the molecule is CC(C)(C)OC(=O)NC1CCN(C(=O)COc2ccc(Cl)cc2CNc2ncnc3c2ncn3[C@@H]2O[C@H](C(=O)O)[C@@H](N=[N+]=[N-])[C@H]2O)CC1. The first-order chi connectivity index (χ1) is 22.8. The van der Waals surface area contributed by atoms with Gasteiger partial charge in [0, 0.05) is 41.2 Å². The largest absolute Gasteiger partial charge is 0.483 e. The van der Waals surface area contributed by atoms with E-state index < -0.39 is 42.1 Å². The minimum absolute atomic E-state index is 0.0922. The van der Waals surface area contributed by atoms with Gasteiger partial charge in [0.1, 0.15) is 29.8 Å². The molecule has 256 valence electrons. The molecule has 0 saturated carbocycles. The number of nitrogens with one attached hydrogen (secondary N) is 2. The highest BCUT2D eigenvalue weighted by Crippen LogP contribution is 2.34. The molecule has 0 aliphatic carbocycles. The molecule has 2 aliphatic rings. The second-order valence-corrected chi connectivity index (χ2v) is 12.6. The molecular formula is C29H35ClN10O8. The Hall–Kier alpha value is -4.90. The van der Waals surface area contributed by atoms with Gasteiger partial charge in [-0.15, -0.1) is 0 Å². The van der Waals surface area contributed by atoms with E-state index in [9.17, 15) is 24.6 Å². The van der Waals surface area contributed by atoms with E-state index in [4.69, 9.17) is 31.3 Å². The number of carbonyl (C=O) groups excluding carboxylic acids is 2.